The van der Waals surface area contributed by atoms with Crippen LogP contribution >= 0.6 is 11.6 Å². The number of aldehydes is 1. The Morgan fingerprint density at radius 1 is 1.53 bits per heavy atom. The number of rotatable bonds is 4. The van der Waals surface area contributed by atoms with Crippen LogP contribution < -0.4 is 4.74 Å². The van der Waals surface area contributed by atoms with Crippen molar-refractivity contribution in [3.05, 3.63) is 28.5 Å². The molecule has 0 heterocycles. The van der Waals surface area contributed by atoms with Crippen LogP contribution in [0.4, 0.5) is 4.39 Å². The van der Waals surface area contributed by atoms with E-state index in [0.717, 1.165) is 0 Å². The number of benzene rings is 1. The van der Waals surface area contributed by atoms with Crippen LogP contribution in [0.15, 0.2) is 12.1 Å². The fraction of sp³-hybridized carbons (Fsp3) is 0.364. The number of carbonyl (C=O) groups is 1. The Labute approximate surface area is 93.0 Å². The van der Waals surface area contributed by atoms with Crippen molar-refractivity contribution in [2.75, 3.05) is 0 Å². The van der Waals surface area contributed by atoms with Gasteiger partial charge in [-0.2, -0.15) is 0 Å². The lowest BCUT2D eigenvalue weighted by atomic mass is 10.1. The summed E-state index contributed by atoms with van der Waals surface area (Å²) in [6.07, 6.45) is 0.719. The van der Waals surface area contributed by atoms with Gasteiger partial charge < -0.3 is 9.53 Å². The van der Waals surface area contributed by atoms with E-state index in [-0.39, 0.29) is 17.5 Å². The lowest BCUT2D eigenvalue weighted by Gasteiger charge is -2.14. The lowest BCUT2D eigenvalue weighted by molar-refractivity contribution is -0.107. The molecular weight excluding hydrogens is 219 g/mol. The van der Waals surface area contributed by atoms with E-state index in [4.69, 9.17) is 16.3 Å². The normalized spacial score (nSPS) is 10.5. The van der Waals surface area contributed by atoms with Gasteiger partial charge in [-0.25, -0.2) is 4.39 Å². The molecule has 1 aromatic carbocycles. The van der Waals surface area contributed by atoms with Crippen molar-refractivity contribution in [1.29, 1.82) is 0 Å². The van der Waals surface area contributed by atoms with Crippen LogP contribution in [0.5, 0.6) is 5.75 Å². The molecule has 0 aliphatic rings. The molecule has 0 atom stereocenters. The predicted molar refractivity (Wildman–Crippen MR) is 56.9 cm³/mol. The van der Waals surface area contributed by atoms with Gasteiger partial charge in [0, 0.05) is 12.0 Å². The second kappa shape index (κ2) is 5.12. The summed E-state index contributed by atoms with van der Waals surface area (Å²) in [6.45, 7) is 3.68. The molecular formula is C11H12ClFO2. The average molecular weight is 231 g/mol. The Morgan fingerprint density at radius 3 is 2.73 bits per heavy atom. The van der Waals surface area contributed by atoms with Gasteiger partial charge in [0.15, 0.2) is 0 Å². The molecule has 0 radical (unpaired) electrons. The highest BCUT2D eigenvalue weighted by Gasteiger charge is 2.12. The lowest BCUT2D eigenvalue weighted by Crippen LogP contribution is -2.08. The van der Waals surface area contributed by atoms with Crippen LogP contribution in [-0.4, -0.2) is 12.4 Å². The molecule has 2 nitrogen and oxygen atoms in total. The van der Waals surface area contributed by atoms with Crippen LogP contribution in [0.2, 0.25) is 5.02 Å². The number of carbonyl (C=O) groups excluding carboxylic acids is 1. The highest BCUT2D eigenvalue weighted by atomic mass is 35.5. The summed E-state index contributed by atoms with van der Waals surface area (Å²) in [5, 5.41) is 0.195. The van der Waals surface area contributed by atoms with E-state index in [0.29, 0.717) is 17.6 Å². The molecule has 0 aliphatic carbocycles. The van der Waals surface area contributed by atoms with Gasteiger partial charge in [-0.1, -0.05) is 11.6 Å². The second-order valence-corrected chi connectivity index (χ2v) is 3.82. The molecule has 1 rings (SSSR count). The van der Waals surface area contributed by atoms with Gasteiger partial charge in [0.2, 0.25) is 0 Å². The largest absolute Gasteiger partial charge is 0.489 e. The van der Waals surface area contributed by atoms with Crippen molar-refractivity contribution in [2.24, 2.45) is 0 Å². The molecule has 0 saturated carbocycles. The van der Waals surface area contributed by atoms with Crippen molar-refractivity contribution in [3.8, 4) is 5.75 Å². The number of ether oxygens (including phenoxy) is 1. The fourth-order valence-corrected chi connectivity index (χ4v) is 1.49. The third-order valence-corrected chi connectivity index (χ3v) is 2.02. The minimum Gasteiger partial charge on any atom is -0.489 e. The summed E-state index contributed by atoms with van der Waals surface area (Å²) in [6, 6.07) is 2.44. The highest BCUT2D eigenvalue weighted by Crippen LogP contribution is 2.31. The van der Waals surface area contributed by atoms with Crippen LogP contribution in [0.3, 0.4) is 0 Å². The molecule has 82 valence electrons. The first-order chi connectivity index (χ1) is 7.04. The molecule has 0 unspecified atom stereocenters. The summed E-state index contributed by atoms with van der Waals surface area (Å²) < 4.78 is 18.4. The summed E-state index contributed by atoms with van der Waals surface area (Å²) in [5.41, 5.74) is 0.476. The zero-order valence-corrected chi connectivity index (χ0v) is 9.34. The van der Waals surface area contributed by atoms with Crippen LogP contribution in [0.25, 0.3) is 0 Å². The minimum atomic E-state index is -0.465. The summed E-state index contributed by atoms with van der Waals surface area (Å²) in [4.78, 5) is 10.4. The van der Waals surface area contributed by atoms with Gasteiger partial charge in [0.05, 0.1) is 11.1 Å². The van der Waals surface area contributed by atoms with E-state index >= 15 is 0 Å². The highest BCUT2D eigenvalue weighted by molar-refractivity contribution is 6.32. The molecule has 0 amide bonds. The van der Waals surface area contributed by atoms with Crippen molar-refractivity contribution >= 4 is 17.9 Å². The maximum absolute atomic E-state index is 13.0. The van der Waals surface area contributed by atoms with Crippen molar-refractivity contribution in [3.63, 3.8) is 0 Å². The molecule has 0 bridgehead atoms. The number of halogens is 2. The first-order valence-corrected chi connectivity index (χ1v) is 5.00. The zero-order valence-electron chi connectivity index (χ0n) is 8.59. The quantitative estimate of drug-likeness (QED) is 0.744. The SMILES string of the molecule is CC(C)Oc1c(Cl)cc(F)cc1CC=O. The van der Waals surface area contributed by atoms with E-state index < -0.39 is 5.82 Å². The Kier molecular flexibility index (Phi) is 4.09. The molecule has 1 aromatic rings. The summed E-state index contributed by atoms with van der Waals surface area (Å²) in [5.74, 6) is -0.0758. The van der Waals surface area contributed by atoms with E-state index in [1.807, 2.05) is 13.8 Å². The van der Waals surface area contributed by atoms with Crippen molar-refractivity contribution in [1.82, 2.24) is 0 Å². The summed E-state index contributed by atoms with van der Waals surface area (Å²) >= 11 is 5.83. The standard InChI is InChI=1S/C11H12ClFO2/c1-7(2)15-11-8(3-4-14)5-9(13)6-10(11)12/h4-7H,3H2,1-2H3. The molecule has 0 aromatic heterocycles. The van der Waals surface area contributed by atoms with E-state index in [9.17, 15) is 9.18 Å². The van der Waals surface area contributed by atoms with Gasteiger partial charge in [-0.15, -0.1) is 0 Å². The van der Waals surface area contributed by atoms with Gasteiger partial charge in [0.1, 0.15) is 17.9 Å². The Morgan fingerprint density at radius 2 is 2.20 bits per heavy atom. The fourth-order valence-electron chi connectivity index (χ4n) is 1.22. The van der Waals surface area contributed by atoms with Crippen molar-refractivity contribution < 1.29 is 13.9 Å². The van der Waals surface area contributed by atoms with E-state index in [2.05, 4.69) is 0 Å². The Balaban J connectivity index is 3.13. The third kappa shape index (κ3) is 3.20. The smallest absolute Gasteiger partial charge is 0.142 e. The Hall–Kier alpha value is -1.09. The molecule has 4 heteroatoms. The molecule has 0 saturated heterocycles. The molecule has 0 fully saturated rings. The number of hydrogen-bond acceptors (Lipinski definition) is 2. The van der Waals surface area contributed by atoms with Gasteiger partial charge in [0.25, 0.3) is 0 Å². The maximum Gasteiger partial charge on any atom is 0.142 e. The molecule has 0 N–H and O–H groups in total. The number of hydrogen-bond donors (Lipinski definition) is 0. The Bertz CT molecular complexity index is 364. The van der Waals surface area contributed by atoms with Crippen molar-refractivity contribution in [2.45, 2.75) is 26.4 Å². The van der Waals surface area contributed by atoms with Crippen LogP contribution in [0, 0.1) is 5.82 Å². The maximum atomic E-state index is 13.0. The first kappa shape index (κ1) is 12.0. The van der Waals surface area contributed by atoms with Crippen LogP contribution in [-0.2, 0) is 11.2 Å². The third-order valence-electron chi connectivity index (χ3n) is 1.74. The van der Waals surface area contributed by atoms with Gasteiger partial charge in [-0.05, 0) is 26.0 Å². The van der Waals surface area contributed by atoms with E-state index in [1.54, 1.807) is 0 Å². The molecule has 15 heavy (non-hydrogen) atoms. The van der Waals surface area contributed by atoms with E-state index in [1.165, 1.54) is 12.1 Å². The topological polar surface area (TPSA) is 26.3 Å². The average Bonchev–Trinajstić information content (AvgIpc) is 2.11. The minimum absolute atomic E-state index is 0.0710. The predicted octanol–water partition coefficient (Wildman–Crippen LogP) is 3.01. The first-order valence-electron chi connectivity index (χ1n) is 4.62. The monoisotopic (exact) mass is 230 g/mol. The molecule has 0 aliphatic heterocycles. The van der Waals surface area contributed by atoms with Gasteiger partial charge in [-0.3, -0.25) is 0 Å². The van der Waals surface area contributed by atoms with Crippen LogP contribution in [0.1, 0.15) is 19.4 Å². The molecule has 0 spiro atoms. The van der Waals surface area contributed by atoms with Gasteiger partial charge >= 0.3 is 0 Å². The summed E-state index contributed by atoms with van der Waals surface area (Å²) in [7, 11) is 0. The second-order valence-electron chi connectivity index (χ2n) is 3.41. The zero-order chi connectivity index (χ0) is 11.4.